The zero-order valence-electron chi connectivity index (χ0n) is 14.2. The Morgan fingerprint density at radius 1 is 1.00 bits per heavy atom. The van der Waals surface area contributed by atoms with Crippen LogP contribution in [-0.2, 0) is 16.1 Å². The summed E-state index contributed by atoms with van der Waals surface area (Å²) in [6.45, 7) is 1.50. The number of carbonyl (C=O) groups excluding carboxylic acids is 3. The lowest BCUT2D eigenvalue weighted by Gasteiger charge is -2.05. The van der Waals surface area contributed by atoms with Crippen LogP contribution in [0.2, 0.25) is 0 Å². The van der Waals surface area contributed by atoms with E-state index in [1.165, 1.54) is 18.3 Å². The van der Waals surface area contributed by atoms with Crippen molar-refractivity contribution in [3.63, 3.8) is 0 Å². The summed E-state index contributed by atoms with van der Waals surface area (Å²) in [7, 11) is 0. The number of hydrogen-bond acceptors (Lipinski definition) is 5. The Morgan fingerprint density at radius 3 is 2.54 bits per heavy atom. The molecule has 1 amide bonds. The summed E-state index contributed by atoms with van der Waals surface area (Å²) < 4.78 is 5.15. The number of thiophene rings is 1. The Morgan fingerprint density at radius 2 is 1.77 bits per heavy atom. The number of fused-ring (bicyclic) bond motifs is 1. The molecule has 0 saturated carbocycles. The fraction of sp³-hybridized carbons (Fsp3) is 0.150. The summed E-state index contributed by atoms with van der Waals surface area (Å²) in [6.07, 6.45) is 0. The molecular formula is C20H17NO4S. The molecule has 0 radical (unpaired) electrons. The molecule has 1 aromatic heterocycles. The maximum atomic E-state index is 12.2. The van der Waals surface area contributed by atoms with Crippen LogP contribution < -0.4 is 5.32 Å². The number of carbonyl (C=O) groups is 3. The summed E-state index contributed by atoms with van der Waals surface area (Å²) >= 11 is 1.28. The van der Waals surface area contributed by atoms with Gasteiger partial charge in [-0.1, -0.05) is 30.3 Å². The number of ketones is 1. The second-order valence-electron chi connectivity index (χ2n) is 5.74. The molecule has 0 spiro atoms. The predicted octanol–water partition coefficient (Wildman–Crippen LogP) is 3.58. The lowest BCUT2D eigenvalue weighted by Crippen LogP contribution is -2.18. The predicted molar refractivity (Wildman–Crippen MR) is 100 cm³/mol. The van der Waals surface area contributed by atoms with E-state index < -0.39 is 5.97 Å². The van der Waals surface area contributed by atoms with Crippen LogP contribution >= 0.6 is 11.3 Å². The van der Waals surface area contributed by atoms with Gasteiger partial charge in [0.05, 0.1) is 17.0 Å². The molecule has 6 heteroatoms. The highest BCUT2D eigenvalue weighted by Crippen LogP contribution is 2.18. The largest absolute Gasteiger partial charge is 0.454 e. The smallest absolute Gasteiger partial charge is 0.338 e. The van der Waals surface area contributed by atoms with E-state index in [9.17, 15) is 14.4 Å². The van der Waals surface area contributed by atoms with Gasteiger partial charge in [0.1, 0.15) is 0 Å². The Kier molecular flexibility index (Phi) is 5.43. The minimum atomic E-state index is -0.529. The first-order valence-corrected chi connectivity index (χ1v) is 8.87. The van der Waals surface area contributed by atoms with E-state index in [1.54, 1.807) is 24.3 Å². The molecule has 3 aromatic rings. The maximum absolute atomic E-state index is 12.2. The van der Waals surface area contributed by atoms with E-state index >= 15 is 0 Å². The van der Waals surface area contributed by atoms with Crippen molar-refractivity contribution in [1.29, 1.82) is 0 Å². The summed E-state index contributed by atoms with van der Waals surface area (Å²) in [5.74, 6) is -0.923. The van der Waals surface area contributed by atoms with Crippen LogP contribution in [0.4, 0.5) is 0 Å². The van der Waals surface area contributed by atoms with Crippen LogP contribution in [0, 0.1) is 0 Å². The van der Waals surface area contributed by atoms with E-state index in [4.69, 9.17) is 4.74 Å². The molecule has 0 aliphatic rings. The van der Waals surface area contributed by atoms with E-state index in [2.05, 4.69) is 5.32 Å². The highest BCUT2D eigenvalue weighted by molar-refractivity contribution is 7.14. The van der Waals surface area contributed by atoms with Gasteiger partial charge in [0.2, 0.25) is 11.7 Å². The first kappa shape index (κ1) is 17.8. The van der Waals surface area contributed by atoms with Crippen molar-refractivity contribution in [2.75, 3.05) is 6.61 Å². The van der Waals surface area contributed by atoms with Crippen molar-refractivity contribution < 1.29 is 19.1 Å². The number of Topliss-reactive ketones (excluding diaryl/α,β-unsaturated/α-hetero) is 1. The number of amides is 1. The minimum Gasteiger partial charge on any atom is -0.454 e. The molecule has 1 N–H and O–H groups in total. The van der Waals surface area contributed by atoms with Crippen LogP contribution in [0.1, 0.15) is 31.8 Å². The van der Waals surface area contributed by atoms with Crippen LogP contribution in [0.15, 0.2) is 54.6 Å². The number of hydrogen-bond donors (Lipinski definition) is 1. The Balaban J connectivity index is 1.59. The topological polar surface area (TPSA) is 72.5 Å². The van der Waals surface area contributed by atoms with Crippen molar-refractivity contribution in [3.05, 3.63) is 69.9 Å². The van der Waals surface area contributed by atoms with Gasteiger partial charge in [0.25, 0.3) is 0 Å². The highest BCUT2D eigenvalue weighted by Gasteiger charge is 2.14. The van der Waals surface area contributed by atoms with Gasteiger partial charge < -0.3 is 10.1 Å². The van der Waals surface area contributed by atoms with Crippen molar-refractivity contribution in [2.24, 2.45) is 0 Å². The molecule has 0 saturated heterocycles. The zero-order chi connectivity index (χ0) is 18.5. The summed E-state index contributed by atoms with van der Waals surface area (Å²) in [6, 6.07) is 16.4. The van der Waals surface area contributed by atoms with Crippen LogP contribution in [0.5, 0.6) is 0 Å². The van der Waals surface area contributed by atoms with Crippen molar-refractivity contribution in [1.82, 2.24) is 5.32 Å². The zero-order valence-corrected chi connectivity index (χ0v) is 15.0. The Labute approximate surface area is 154 Å². The van der Waals surface area contributed by atoms with E-state index in [1.807, 2.05) is 30.3 Å². The first-order valence-electron chi connectivity index (χ1n) is 8.05. The maximum Gasteiger partial charge on any atom is 0.338 e. The molecule has 0 unspecified atom stereocenters. The molecule has 5 nitrogen and oxygen atoms in total. The summed E-state index contributed by atoms with van der Waals surface area (Å²) in [5, 5.41) is 4.65. The third-order valence-electron chi connectivity index (χ3n) is 3.77. The lowest BCUT2D eigenvalue weighted by molar-refractivity contribution is -0.119. The van der Waals surface area contributed by atoms with Crippen molar-refractivity contribution in [2.45, 2.75) is 13.5 Å². The third kappa shape index (κ3) is 4.34. The van der Waals surface area contributed by atoms with Gasteiger partial charge in [-0.05, 0) is 35.0 Å². The van der Waals surface area contributed by atoms with Gasteiger partial charge in [-0.15, -0.1) is 11.3 Å². The molecule has 1 heterocycles. The number of ether oxygens (including phenoxy) is 1. The van der Waals surface area contributed by atoms with Crippen LogP contribution in [0.3, 0.4) is 0 Å². The monoisotopic (exact) mass is 367 g/mol. The summed E-state index contributed by atoms with van der Waals surface area (Å²) in [4.78, 5) is 36.7. The SMILES string of the molecule is CC(=O)NCc1ccc(C(=O)COC(=O)c2ccc3ccccc3c2)s1. The fourth-order valence-corrected chi connectivity index (χ4v) is 3.31. The molecule has 2 aromatic carbocycles. The lowest BCUT2D eigenvalue weighted by atomic mass is 10.1. The van der Waals surface area contributed by atoms with E-state index in [0.717, 1.165) is 15.6 Å². The standard InChI is InChI=1S/C20H17NO4S/c1-13(22)21-11-17-8-9-19(26-17)18(23)12-25-20(24)16-7-6-14-4-2-3-5-15(14)10-16/h2-10H,11-12H2,1H3,(H,21,22). The first-order chi connectivity index (χ1) is 12.5. The molecule has 0 aliphatic carbocycles. The number of rotatable bonds is 6. The molecule has 26 heavy (non-hydrogen) atoms. The second kappa shape index (κ2) is 7.93. The van der Waals surface area contributed by atoms with E-state index in [0.29, 0.717) is 17.0 Å². The highest BCUT2D eigenvalue weighted by atomic mass is 32.1. The average Bonchev–Trinajstić information content (AvgIpc) is 3.13. The van der Waals surface area contributed by atoms with Gasteiger partial charge in [0.15, 0.2) is 6.61 Å². The second-order valence-corrected chi connectivity index (χ2v) is 6.91. The summed E-state index contributed by atoms with van der Waals surface area (Å²) in [5.41, 5.74) is 0.411. The van der Waals surface area contributed by atoms with Gasteiger partial charge in [-0.2, -0.15) is 0 Å². The van der Waals surface area contributed by atoms with Crippen molar-refractivity contribution >= 4 is 39.8 Å². The molecule has 3 rings (SSSR count). The Bertz CT molecular complexity index is 977. The van der Waals surface area contributed by atoms with Crippen molar-refractivity contribution in [3.8, 4) is 0 Å². The average molecular weight is 367 g/mol. The minimum absolute atomic E-state index is 0.129. The third-order valence-corrected chi connectivity index (χ3v) is 4.89. The molecule has 132 valence electrons. The van der Waals surface area contributed by atoms with Gasteiger partial charge in [0, 0.05) is 11.8 Å². The molecule has 0 fully saturated rings. The van der Waals surface area contributed by atoms with Gasteiger partial charge in [-0.3, -0.25) is 9.59 Å². The van der Waals surface area contributed by atoms with Crippen LogP contribution in [-0.4, -0.2) is 24.3 Å². The Hall–Kier alpha value is -2.99. The number of benzene rings is 2. The number of esters is 1. The normalized spacial score (nSPS) is 10.5. The number of nitrogens with one attached hydrogen (secondary N) is 1. The quantitative estimate of drug-likeness (QED) is 0.534. The fourth-order valence-electron chi connectivity index (χ4n) is 2.44. The molecule has 0 atom stereocenters. The van der Waals surface area contributed by atoms with E-state index in [-0.39, 0.29) is 18.3 Å². The van der Waals surface area contributed by atoms with Gasteiger partial charge >= 0.3 is 5.97 Å². The van der Waals surface area contributed by atoms with Gasteiger partial charge in [-0.25, -0.2) is 4.79 Å². The molecular weight excluding hydrogens is 350 g/mol. The molecule has 0 aliphatic heterocycles. The molecule has 0 bridgehead atoms. The van der Waals surface area contributed by atoms with Crippen LogP contribution in [0.25, 0.3) is 10.8 Å².